The highest BCUT2D eigenvalue weighted by atomic mass is 16.5. The van der Waals surface area contributed by atoms with Gasteiger partial charge in [-0.3, -0.25) is 0 Å². The van der Waals surface area contributed by atoms with Crippen LogP contribution in [0.25, 0.3) is 0 Å². The number of unbranched alkanes of at least 4 members (excludes halogenated alkanes) is 1. The molecule has 0 fully saturated rings. The van der Waals surface area contributed by atoms with Gasteiger partial charge in [0, 0.05) is 12.6 Å². The van der Waals surface area contributed by atoms with Crippen LogP contribution in [-0.2, 0) is 0 Å². The molecule has 1 unspecified atom stereocenters. The number of rotatable bonds is 7. The van der Waals surface area contributed by atoms with E-state index >= 15 is 0 Å². The SMILES string of the molecule is CCCCN(C)CC(N)c1cccc(OC)c1. The van der Waals surface area contributed by atoms with Crippen molar-refractivity contribution in [3.63, 3.8) is 0 Å². The number of nitrogens with two attached hydrogens (primary N) is 1. The van der Waals surface area contributed by atoms with Crippen molar-refractivity contribution in [2.24, 2.45) is 5.73 Å². The fraction of sp³-hybridized carbons (Fsp3) is 0.571. The lowest BCUT2D eigenvalue weighted by Crippen LogP contribution is -2.29. The fourth-order valence-corrected chi connectivity index (χ4v) is 1.83. The summed E-state index contributed by atoms with van der Waals surface area (Å²) < 4.78 is 5.21. The molecule has 0 heterocycles. The molecule has 17 heavy (non-hydrogen) atoms. The van der Waals surface area contributed by atoms with Crippen LogP contribution in [0.3, 0.4) is 0 Å². The molecular weight excluding hydrogens is 212 g/mol. The normalized spacial score (nSPS) is 12.8. The molecule has 0 saturated heterocycles. The third-order valence-electron chi connectivity index (χ3n) is 2.92. The number of hydrogen-bond donors (Lipinski definition) is 1. The lowest BCUT2D eigenvalue weighted by Gasteiger charge is -2.21. The summed E-state index contributed by atoms with van der Waals surface area (Å²) in [4.78, 5) is 2.29. The average Bonchev–Trinajstić information content (AvgIpc) is 2.36. The summed E-state index contributed by atoms with van der Waals surface area (Å²) in [6.45, 7) is 4.19. The molecule has 0 saturated carbocycles. The van der Waals surface area contributed by atoms with Crippen LogP contribution in [0.15, 0.2) is 24.3 Å². The first-order valence-electron chi connectivity index (χ1n) is 6.25. The van der Waals surface area contributed by atoms with Crippen molar-refractivity contribution in [1.29, 1.82) is 0 Å². The quantitative estimate of drug-likeness (QED) is 0.790. The maximum atomic E-state index is 6.19. The van der Waals surface area contributed by atoms with Crippen molar-refractivity contribution in [2.45, 2.75) is 25.8 Å². The molecule has 3 nitrogen and oxygen atoms in total. The maximum Gasteiger partial charge on any atom is 0.119 e. The van der Waals surface area contributed by atoms with Gasteiger partial charge in [-0.05, 0) is 37.7 Å². The highest BCUT2D eigenvalue weighted by Crippen LogP contribution is 2.18. The monoisotopic (exact) mass is 236 g/mol. The predicted molar refractivity (Wildman–Crippen MR) is 72.3 cm³/mol. The van der Waals surface area contributed by atoms with Gasteiger partial charge in [0.15, 0.2) is 0 Å². The Kier molecular flexibility index (Phi) is 6.01. The van der Waals surface area contributed by atoms with Crippen LogP contribution in [0.2, 0.25) is 0 Å². The Morgan fingerprint density at radius 1 is 1.41 bits per heavy atom. The molecule has 0 spiro atoms. The molecule has 0 aliphatic heterocycles. The molecular formula is C14H24N2O. The lowest BCUT2D eigenvalue weighted by molar-refractivity contribution is 0.307. The van der Waals surface area contributed by atoms with E-state index < -0.39 is 0 Å². The zero-order valence-electron chi connectivity index (χ0n) is 11.1. The van der Waals surface area contributed by atoms with E-state index in [9.17, 15) is 0 Å². The van der Waals surface area contributed by atoms with Gasteiger partial charge >= 0.3 is 0 Å². The van der Waals surface area contributed by atoms with E-state index in [2.05, 4.69) is 24.9 Å². The Labute approximate surface area is 105 Å². The fourth-order valence-electron chi connectivity index (χ4n) is 1.83. The number of nitrogens with zero attached hydrogens (tertiary/aromatic N) is 1. The topological polar surface area (TPSA) is 38.5 Å². The number of methoxy groups -OCH3 is 1. The summed E-state index contributed by atoms with van der Waals surface area (Å²) >= 11 is 0. The molecule has 1 aromatic carbocycles. The average molecular weight is 236 g/mol. The first-order valence-corrected chi connectivity index (χ1v) is 6.25. The largest absolute Gasteiger partial charge is 0.497 e. The lowest BCUT2D eigenvalue weighted by atomic mass is 10.1. The number of likely N-dealkylation sites (N-methyl/N-ethyl adjacent to an activating group) is 1. The number of hydrogen-bond acceptors (Lipinski definition) is 3. The molecule has 1 aromatic rings. The van der Waals surface area contributed by atoms with Gasteiger partial charge in [-0.2, -0.15) is 0 Å². The van der Waals surface area contributed by atoms with Crippen molar-refractivity contribution in [1.82, 2.24) is 4.90 Å². The van der Waals surface area contributed by atoms with E-state index in [0.717, 1.165) is 24.4 Å². The second kappa shape index (κ2) is 7.30. The predicted octanol–water partition coefficient (Wildman–Crippen LogP) is 2.43. The van der Waals surface area contributed by atoms with Crippen molar-refractivity contribution in [3.8, 4) is 5.75 Å². The van der Waals surface area contributed by atoms with Crippen LogP contribution >= 0.6 is 0 Å². The second-order valence-electron chi connectivity index (χ2n) is 4.50. The standard InChI is InChI=1S/C14H24N2O/c1-4-5-9-16(2)11-14(15)12-7-6-8-13(10-12)17-3/h6-8,10,14H,4-5,9,11,15H2,1-3H3. The van der Waals surface area contributed by atoms with Gasteiger partial charge in [0.2, 0.25) is 0 Å². The summed E-state index contributed by atoms with van der Waals surface area (Å²) in [6, 6.07) is 8.04. The Hall–Kier alpha value is -1.06. The van der Waals surface area contributed by atoms with Gasteiger partial charge in [-0.15, -0.1) is 0 Å². The van der Waals surface area contributed by atoms with Gasteiger partial charge < -0.3 is 15.4 Å². The van der Waals surface area contributed by atoms with E-state index in [0.29, 0.717) is 0 Å². The van der Waals surface area contributed by atoms with Gasteiger partial charge in [0.1, 0.15) is 5.75 Å². The van der Waals surface area contributed by atoms with Crippen molar-refractivity contribution >= 4 is 0 Å². The first-order chi connectivity index (χ1) is 8.17. The van der Waals surface area contributed by atoms with Crippen molar-refractivity contribution < 1.29 is 4.74 Å². The van der Waals surface area contributed by atoms with Gasteiger partial charge in [0.25, 0.3) is 0 Å². The molecule has 0 amide bonds. The van der Waals surface area contributed by atoms with E-state index in [1.165, 1.54) is 12.8 Å². The third-order valence-corrected chi connectivity index (χ3v) is 2.92. The molecule has 0 aliphatic carbocycles. The second-order valence-corrected chi connectivity index (χ2v) is 4.50. The molecule has 0 radical (unpaired) electrons. The summed E-state index contributed by atoms with van der Waals surface area (Å²) in [7, 11) is 3.80. The zero-order chi connectivity index (χ0) is 12.7. The van der Waals surface area contributed by atoms with Crippen LogP contribution in [-0.4, -0.2) is 32.1 Å². The van der Waals surface area contributed by atoms with E-state index in [4.69, 9.17) is 10.5 Å². The molecule has 2 N–H and O–H groups in total. The molecule has 1 atom stereocenters. The molecule has 3 heteroatoms. The van der Waals surface area contributed by atoms with E-state index in [-0.39, 0.29) is 6.04 Å². The van der Waals surface area contributed by atoms with Crippen LogP contribution in [0, 0.1) is 0 Å². The molecule has 1 rings (SSSR count). The Morgan fingerprint density at radius 2 is 2.18 bits per heavy atom. The zero-order valence-corrected chi connectivity index (χ0v) is 11.1. The summed E-state index contributed by atoms with van der Waals surface area (Å²) in [5, 5.41) is 0. The minimum atomic E-state index is 0.0481. The van der Waals surface area contributed by atoms with Crippen molar-refractivity contribution in [2.75, 3.05) is 27.2 Å². The van der Waals surface area contributed by atoms with Crippen molar-refractivity contribution in [3.05, 3.63) is 29.8 Å². The van der Waals surface area contributed by atoms with Crippen LogP contribution < -0.4 is 10.5 Å². The highest BCUT2D eigenvalue weighted by molar-refractivity contribution is 5.30. The minimum absolute atomic E-state index is 0.0481. The minimum Gasteiger partial charge on any atom is -0.497 e. The first kappa shape index (κ1) is 14.0. The van der Waals surface area contributed by atoms with Crippen LogP contribution in [0.1, 0.15) is 31.4 Å². The summed E-state index contributed by atoms with van der Waals surface area (Å²) in [6.07, 6.45) is 2.44. The van der Waals surface area contributed by atoms with Crippen LogP contribution in [0.5, 0.6) is 5.75 Å². The Morgan fingerprint density at radius 3 is 2.82 bits per heavy atom. The molecule has 96 valence electrons. The summed E-state index contributed by atoms with van der Waals surface area (Å²) in [5.74, 6) is 0.870. The van der Waals surface area contributed by atoms with E-state index in [1.54, 1.807) is 7.11 Å². The summed E-state index contributed by atoms with van der Waals surface area (Å²) in [5.41, 5.74) is 7.33. The maximum absolute atomic E-state index is 6.19. The molecule has 0 bridgehead atoms. The molecule has 0 aliphatic rings. The highest BCUT2D eigenvalue weighted by Gasteiger charge is 2.09. The Bertz CT molecular complexity index is 328. The third kappa shape index (κ3) is 4.75. The smallest absolute Gasteiger partial charge is 0.119 e. The van der Waals surface area contributed by atoms with E-state index in [1.807, 2.05) is 18.2 Å². The van der Waals surface area contributed by atoms with Crippen LogP contribution in [0.4, 0.5) is 0 Å². The van der Waals surface area contributed by atoms with Gasteiger partial charge in [0.05, 0.1) is 7.11 Å². The van der Waals surface area contributed by atoms with Gasteiger partial charge in [-0.25, -0.2) is 0 Å². The van der Waals surface area contributed by atoms with Gasteiger partial charge in [-0.1, -0.05) is 25.5 Å². The Balaban J connectivity index is 2.53. The molecule has 0 aromatic heterocycles. The number of ether oxygens (including phenoxy) is 1. The number of benzene rings is 1.